The number of aliphatic hydroxyl groups excluding tert-OH is 1. The Bertz CT molecular complexity index is 476. The number of rotatable bonds is 7. The van der Waals surface area contributed by atoms with E-state index in [-0.39, 0.29) is 17.9 Å². The Morgan fingerprint density at radius 3 is 2.56 bits per heavy atom. The van der Waals surface area contributed by atoms with E-state index < -0.39 is 12.3 Å². The minimum absolute atomic E-state index is 0.0691. The second-order valence-corrected chi connectivity index (χ2v) is 8.21. The summed E-state index contributed by atoms with van der Waals surface area (Å²) in [7, 11) is 0. The molecule has 2 rings (SSSR count). The fraction of sp³-hybridized carbons (Fsp3) is 0.773. The van der Waals surface area contributed by atoms with Crippen LogP contribution in [0.2, 0.25) is 0 Å². The van der Waals surface area contributed by atoms with Gasteiger partial charge in [0.15, 0.2) is 0 Å². The molecule has 0 aliphatic heterocycles. The van der Waals surface area contributed by atoms with E-state index in [1.807, 2.05) is 12.2 Å². The summed E-state index contributed by atoms with van der Waals surface area (Å²) in [6.45, 7) is 8.74. The Hall–Kier alpha value is -1.17. The minimum Gasteiger partial charge on any atom is -0.378 e. The van der Waals surface area contributed by atoms with Crippen LogP contribution in [-0.4, -0.2) is 35.9 Å². The third-order valence-corrected chi connectivity index (χ3v) is 5.24. The largest absolute Gasteiger partial charge is 0.378 e. The van der Waals surface area contributed by atoms with Gasteiger partial charge < -0.3 is 16.2 Å². The van der Waals surface area contributed by atoms with Gasteiger partial charge in [0.05, 0.1) is 6.04 Å². The van der Waals surface area contributed by atoms with E-state index in [0.29, 0.717) is 18.4 Å². The van der Waals surface area contributed by atoms with Crippen molar-refractivity contribution in [2.24, 2.45) is 23.5 Å². The van der Waals surface area contributed by atoms with Gasteiger partial charge in [-0.1, -0.05) is 64.3 Å². The Balaban J connectivity index is 0.00000114. The number of nitrogens with two attached hydrogens (primary N) is 1. The summed E-state index contributed by atoms with van der Waals surface area (Å²) in [5.74, 6) is 1.06. The van der Waals surface area contributed by atoms with E-state index >= 15 is 0 Å². The Morgan fingerprint density at radius 1 is 1.30 bits per heavy atom. The van der Waals surface area contributed by atoms with E-state index in [4.69, 9.17) is 5.73 Å². The van der Waals surface area contributed by atoms with Crippen LogP contribution in [0.4, 0.5) is 0 Å². The van der Waals surface area contributed by atoms with E-state index in [1.54, 1.807) is 6.92 Å². The molecule has 2 aliphatic rings. The first-order valence-electron chi connectivity index (χ1n) is 10.7. The molecule has 0 heterocycles. The number of hydrogen-bond donors (Lipinski definition) is 4. The van der Waals surface area contributed by atoms with Gasteiger partial charge in [-0.05, 0) is 38.0 Å². The zero-order valence-corrected chi connectivity index (χ0v) is 17.7. The van der Waals surface area contributed by atoms with Crippen molar-refractivity contribution < 1.29 is 9.90 Å². The lowest BCUT2D eigenvalue weighted by molar-refractivity contribution is -0.123. The molecule has 2 aliphatic carbocycles. The highest BCUT2D eigenvalue weighted by molar-refractivity contribution is 5.81. The molecule has 0 aromatic carbocycles. The van der Waals surface area contributed by atoms with Crippen molar-refractivity contribution in [2.45, 2.75) is 84.5 Å². The van der Waals surface area contributed by atoms with Gasteiger partial charge in [-0.25, -0.2) is 0 Å². The average molecular weight is 380 g/mol. The number of amides is 1. The van der Waals surface area contributed by atoms with E-state index in [2.05, 4.69) is 43.6 Å². The average Bonchev–Trinajstić information content (AvgIpc) is 2.66. The van der Waals surface area contributed by atoms with Gasteiger partial charge >= 0.3 is 0 Å². The third kappa shape index (κ3) is 9.04. The first-order valence-corrected chi connectivity index (χ1v) is 10.7. The quantitative estimate of drug-likeness (QED) is 0.512. The fourth-order valence-corrected chi connectivity index (χ4v) is 3.70. The van der Waals surface area contributed by atoms with E-state index in [1.165, 1.54) is 19.3 Å². The molecule has 6 atom stereocenters. The molecule has 5 heteroatoms. The summed E-state index contributed by atoms with van der Waals surface area (Å²) in [5.41, 5.74) is 5.69. The van der Waals surface area contributed by atoms with Crippen molar-refractivity contribution in [3.05, 3.63) is 24.3 Å². The maximum Gasteiger partial charge on any atom is 0.236 e. The Labute approximate surface area is 165 Å². The summed E-state index contributed by atoms with van der Waals surface area (Å²) < 4.78 is 0. The molecule has 5 nitrogen and oxygen atoms in total. The lowest BCUT2D eigenvalue weighted by atomic mass is 9.81. The minimum atomic E-state index is -0.528. The second kappa shape index (κ2) is 13.1. The van der Waals surface area contributed by atoms with Crippen molar-refractivity contribution in [2.75, 3.05) is 6.54 Å². The molecule has 3 unspecified atom stereocenters. The standard InChI is InChI=1S/C19H33N3O2.C3H8/c1-13-7-6-10-16(11-13)19(24)21-12-17(22-18(23)14(2)20)15-8-4-3-5-9-15;1-3-2/h3-5,8,13-17,19,21,24H,6-7,9-12,20H2,1-2H3,(H,22,23);3H2,1-2H3/t13?,14-,15?,16+,17?,19+;/m1./s1. The molecular formula is C22H41N3O2. The molecule has 0 spiro atoms. The van der Waals surface area contributed by atoms with Crippen LogP contribution < -0.4 is 16.4 Å². The zero-order chi connectivity index (χ0) is 20.2. The summed E-state index contributed by atoms with van der Waals surface area (Å²) in [4.78, 5) is 12.0. The van der Waals surface area contributed by atoms with Gasteiger partial charge in [-0.2, -0.15) is 0 Å². The summed E-state index contributed by atoms with van der Waals surface area (Å²) in [6, 6.07) is -0.597. The summed E-state index contributed by atoms with van der Waals surface area (Å²) >= 11 is 0. The van der Waals surface area contributed by atoms with Gasteiger partial charge in [0.25, 0.3) is 0 Å². The smallest absolute Gasteiger partial charge is 0.236 e. The molecule has 1 amide bonds. The molecule has 0 radical (unpaired) electrons. The Kier molecular flexibility index (Phi) is 11.6. The Morgan fingerprint density at radius 2 is 2.00 bits per heavy atom. The molecule has 5 N–H and O–H groups in total. The van der Waals surface area contributed by atoms with Gasteiger partial charge in [-0.15, -0.1) is 0 Å². The highest BCUT2D eigenvalue weighted by Crippen LogP contribution is 2.30. The molecule has 27 heavy (non-hydrogen) atoms. The van der Waals surface area contributed by atoms with Crippen molar-refractivity contribution in [1.82, 2.24) is 10.6 Å². The molecule has 0 aromatic heterocycles. The molecular weight excluding hydrogens is 338 g/mol. The molecule has 1 saturated carbocycles. The van der Waals surface area contributed by atoms with Crippen LogP contribution in [0.3, 0.4) is 0 Å². The number of nitrogens with one attached hydrogen (secondary N) is 2. The summed E-state index contributed by atoms with van der Waals surface area (Å²) in [5, 5.41) is 16.8. The third-order valence-electron chi connectivity index (χ3n) is 5.24. The van der Waals surface area contributed by atoms with Crippen LogP contribution in [0.25, 0.3) is 0 Å². The number of carbonyl (C=O) groups is 1. The lowest BCUT2D eigenvalue weighted by Gasteiger charge is -2.33. The van der Waals surface area contributed by atoms with Crippen LogP contribution in [0.1, 0.15) is 66.2 Å². The van der Waals surface area contributed by atoms with Gasteiger partial charge in [0, 0.05) is 18.5 Å². The SMILES string of the molecule is CC1CCC[C@H]([C@H](O)NCC(NC(=O)[C@@H](C)N)C2C=CC=CC2)C1.CCC. The van der Waals surface area contributed by atoms with Crippen molar-refractivity contribution >= 4 is 5.91 Å². The second-order valence-electron chi connectivity index (χ2n) is 8.21. The number of hydrogen-bond acceptors (Lipinski definition) is 4. The van der Waals surface area contributed by atoms with Crippen molar-refractivity contribution in [3.63, 3.8) is 0 Å². The maximum absolute atomic E-state index is 12.0. The predicted molar refractivity (Wildman–Crippen MR) is 113 cm³/mol. The summed E-state index contributed by atoms with van der Waals surface area (Å²) in [6.07, 6.45) is 14.5. The van der Waals surface area contributed by atoms with Crippen molar-refractivity contribution in [3.8, 4) is 0 Å². The first kappa shape index (κ1) is 23.9. The predicted octanol–water partition coefficient (Wildman–Crippen LogP) is 3.10. The molecule has 1 fully saturated rings. The molecule has 0 saturated heterocycles. The highest BCUT2D eigenvalue weighted by atomic mass is 16.3. The van der Waals surface area contributed by atoms with Gasteiger partial charge in [0.1, 0.15) is 6.23 Å². The maximum atomic E-state index is 12.0. The number of aliphatic hydroxyl groups is 1. The normalized spacial score (nSPS) is 27.9. The molecule has 0 aromatic rings. The monoisotopic (exact) mass is 379 g/mol. The topological polar surface area (TPSA) is 87.4 Å². The van der Waals surface area contributed by atoms with E-state index in [9.17, 15) is 9.90 Å². The van der Waals surface area contributed by atoms with Crippen LogP contribution >= 0.6 is 0 Å². The van der Waals surface area contributed by atoms with Crippen LogP contribution in [0.5, 0.6) is 0 Å². The van der Waals surface area contributed by atoms with Crippen LogP contribution in [-0.2, 0) is 4.79 Å². The van der Waals surface area contributed by atoms with Crippen molar-refractivity contribution in [1.29, 1.82) is 0 Å². The fourth-order valence-electron chi connectivity index (χ4n) is 3.70. The number of carbonyl (C=O) groups excluding carboxylic acids is 1. The number of allylic oxidation sites excluding steroid dienone is 3. The van der Waals surface area contributed by atoms with Gasteiger partial charge in [-0.3, -0.25) is 10.1 Å². The van der Waals surface area contributed by atoms with Crippen LogP contribution in [0.15, 0.2) is 24.3 Å². The van der Waals surface area contributed by atoms with Crippen LogP contribution in [0, 0.1) is 17.8 Å². The molecule has 0 bridgehead atoms. The van der Waals surface area contributed by atoms with E-state index in [0.717, 1.165) is 19.3 Å². The highest BCUT2D eigenvalue weighted by Gasteiger charge is 2.28. The lowest BCUT2D eigenvalue weighted by Crippen LogP contribution is -2.53. The molecule has 156 valence electrons. The van der Waals surface area contributed by atoms with Gasteiger partial charge in [0.2, 0.25) is 5.91 Å². The zero-order valence-electron chi connectivity index (χ0n) is 17.7. The first-order chi connectivity index (χ1) is 12.9.